The maximum absolute atomic E-state index is 12.0. The van der Waals surface area contributed by atoms with Crippen LogP contribution in [0.2, 0.25) is 0 Å². The Balaban J connectivity index is 1.75. The van der Waals surface area contributed by atoms with E-state index in [0.717, 1.165) is 31.6 Å². The molecule has 1 unspecified atom stereocenters. The molecule has 0 aliphatic carbocycles. The Kier molecular flexibility index (Phi) is 4.74. The van der Waals surface area contributed by atoms with Crippen LogP contribution < -0.4 is 5.32 Å². The number of nitrogens with zero attached hydrogens (tertiary/aromatic N) is 3. The van der Waals surface area contributed by atoms with E-state index < -0.39 is 0 Å². The molecule has 1 fully saturated rings. The summed E-state index contributed by atoms with van der Waals surface area (Å²) in [6, 6.07) is 3.88. The third kappa shape index (κ3) is 4.21. The lowest BCUT2D eigenvalue weighted by Gasteiger charge is -2.19. The van der Waals surface area contributed by atoms with Crippen molar-refractivity contribution in [1.82, 2.24) is 20.1 Å². The van der Waals surface area contributed by atoms with Crippen molar-refractivity contribution in [2.24, 2.45) is 5.92 Å². The van der Waals surface area contributed by atoms with Crippen molar-refractivity contribution in [3.05, 3.63) is 30.1 Å². The second kappa shape index (κ2) is 6.52. The first-order valence-corrected chi connectivity index (χ1v) is 6.71. The van der Waals surface area contributed by atoms with Crippen LogP contribution in [0.25, 0.3) is 0 Å². The predicted molar refractivity (Wildman–Crippen MR) is 74.7 cm³/mol. The maximum Gasteiger partial charge on any atom is 0.317 e. The van der Waals surface area contributed by atoms with Gasteiger partial charge >= 0.3 is 6.03 Å². The number of carbonyl (C=O) groups excluding carboxylic acids is 1. The highest BCUT2D eigenvalue weighted by atomic mass is 16.2. The standard InChI is InChI=1S/C14H22N4O/c1-17(2)10-13-5-7-18(11-13)14(19)16-9-12-4-3-6-15-8-12/h3-4,6,8,13H,5,7,9-11H2,1-2H3,(H,16,19). The summed E-state index contributed by atoms with van der Waals surface area (Å²) in [6.07, 6.45) is 4.61. The van der Waals surface area contributed by atoms with Crippen LogP contribution in [0.3, 0.4) is 0 Å². The van der Waals surface area contributed by atoms with Gasteiger partial charge in [-0.3, -0.25) is 4.98 Å². The fourth-order valence-electron chi connectivity index (χ4n) is 2.47. The summed E-state index contributed by atoms with van der Waals surface area (Å²) >= 11 is 0. The lowest BCUT2D eigenvalue weighted by molar-refractivity contribution is 0.205. The first-order chi connectivity index (χ1) is 9.15. The normalized spacial score (nSPS) is 18.9. The summed E-state index contributed by atoms with van der Waals surface area (Å²) < 4.78 is 0. The molecule has 5 heteroatoms. The van der Waals surface area contributed by atoms with Gasteiger partial charge in [-0.05, 0) is 38.1 Å². The van der Waals surface area contributed by atoms with Crippen LogP contribution in [0.15, 0.2) is 24.5 Å². The molecule has 1 aliphatic rings. The average molecular weight is 262 g/mol. The molecule has 1 aliphatic heterocycles. The van der Waals surface area contributed by atoms with Gasteiger partial charge in [0, 0.05) is 38.6 Å². The summed E-state index contributed by atoms with van der Waals surface area (Å²) in [5, 5.41) is 2.95. The molecule has 5 nitrogen and oxygen atoms in total. The Labute approximate surface area is 114 Å². The van der Waals surface area contributed by atoms with Crippen molar-refractivity contribution in [2.75, 3.05) is 33.7 Å². The third-order valence-electron chi connectivity index (χ3n) is 3.36. The average Bonchev–Trinajstić information content (AvgIpc) is 2.85. The van der Waals surface area contributed by atoms with Crippen molar-refractivity contribution in [3.8, 4) is 0 Å². The topological polar surface area (TPSA) is 48.5 Å². The molecule has 2 amide bonds. The van der Waals surface area contributed by atoms with Crippen LogP contribution in [0.1, 0.15) is 12.0 Å². The summed E-state index contributed by atoms with van der Waals surface area (Å²) in [7, 11) is 4.15. The highest BCUT2D eigenvalue weighted by Gasteiger charge is 2.26. The quantitative estimate of drug-likeness (QED) is 0.886. The molecule has 0 aromatic carbocycles. The maximum atomic E-state index is 12.0. The van der Waals surface area contributed by atoms with Crippen LogP contribution in [-0.4, -0.2) is 54.5 Å². The molecule has 0 radical (unpaired) electrons. The van der Waals surface area contributed by atoms with Gasteiger partial charge in [0.1, 0.15) is 0 Å². The number of carbonyl (C=O) groups is 1. The number of nitrogens with one attached hydrogen (secondary N) is 1. The van der Waals surface area contributed by atoms with Crippen molar-refractivity contribution in [3.63, 3.8) is 0 Å². The lowest BCUT2D eigenvalue weighted by Crippen LogP contribution is -2.38. The molecule has 104 valence electrons. The van der Waals surface area contributed by atoms with Crippen LogP contribution in [0.4, 0.5) is 4.79 Å². The van der Waals surface area contributed by atoms with E-state index in [4.69, 9.17) is 0 Å². The number of pyridine rings is 1. The van der Waals surface area contributed by atoms with Gasteiger partial charge in [-0.25, -0.2) is 4.79 Å². The van der Waals surface area contributed by atoms with E-state index in [1.165, 1.54) is 0 Å². The molecular weight excluding hydrogens is 240 g/mol. The van der Waals surface area contributed by atoms with E-state index in [1.807, 2.05) is 17.0 Å². The fraction of sp³-hybridized carbons (Fsp3) is 0.571. The molecular formula is C14H22N4O. The number of hydrogen-bond acceptors (Lipinski definition) is 3. The minimum absolute atomic E-state index is 0.0325. The smallest absolute Gasteiger partial charge is 0.317 e. The lowest BCUT2D eigenvalue weighted by atomic mass is 10.1. The molecule has 19 heavy (non-hydrogen) atoms. The van der Waals surface area contributed by atoms with Gasteiger partial charge < -0.3 is 15.1 Å². The van der Waals surface area contributed by atoms with Crippen LogP contribution in [-0.2, 0) is 6.54 Å². The van der Waals surface area contributed by atoms with Gasteiger partial charge in [-0.1, -0.05) is 6.07 Å². The van der Waals surface area contributed by atoms with E-state index in [1.54, 1.807) is 12.4 Å². The summed E-state index contributed by atoms with van der Waals surface area (Å²) in [6.45, 7) is 3.31. The third-order valence-corrected chi connectivity index (χ3v) is 3.36. The summed E-state index contributed by atoms with van der Waals surface area (Å²) in [5.74, 6) is 0.596. The van der Waals surface area contributed by atoms with Crippen molar-refractivity contribution >= 4 is 6.03 Å². The Morgan fingerprint density at radius 1 is 1.58 bits per heavy atom. The SMILES string of the molecule is CN(C)CC1CCN(C(=O)NCc2cccnc2)C1. The predicted octanol–water partition coefficient (Wildman–Crippen LogP) is 1.17. The van der Waals surface area contributed by atoms with Crippen LogP contribution >= 0.6 is 0 Å². The minimum atomic E-state index is 0.0325. The van der Waals surface area contributed by atoms with E-state index in [2.05, 4.69) is 29.3 Å². The Bertz CT molecular complexity index is 407. The second-order valence-electron chi connectivity index (χ2n) is 5.38. The first-order valence-electron chi connectivity index (χ1n) is 6.71. The van der Waals surface area contributed by atoms with E-state index in [-0.39, 0.29) is 6.03 Å². The van der Waals surface area contributed by atoms with Gasteiger partial charge in [0.25, 0.3) is 0 Å². The monoisotopic (exact) mass is 262 g/mol. The van der Waals surface area contributed by atoms with Crippen LogP contribution in [0, 0.1) is 5.92 Å². The van der Waals surface area contributed by atoms with Gasteiger partial charge in [0.05, 0.1) is 0 Å². The molecule has 1 aromatic heterocycles. The number of likely N-dealkylation sites (tertiary alicyclic amines) is 1. The second-order valence-corrected chi connectivity index (χ2v) is 5.38. The zero-order valence-electron chi connectivity index (χ0n) is 11.7. The molecule has 0 bridgehead atoms. The van der Waals surface area contributed by atoms with Gasteiger partial charge in [0.15, 0.2) is 0 Å². The highest BCUT2D eigenvalue weighted by molar-refractivity contribution is 5.74. The Morgan fingerprint density at radius 3 is 3.11 bits per heavy atom. The number of hydrogen-bond donors (Lipinski definition) is 1. The minimum Gasteiger partial charge on any atom is -0.334 e. The highest BCUT2D eigenvalue weighted by Crippen LogP contribution is 2.16. The van der Waals surface area contributed by atoms with Gasteiger partial charge in [-0.2, -0.15) is 0 Å². The number of aromatic nitrogens is 1. The molecule has 1 saturated heterocycles. The van der Waals surface area contributed by atoms with E-state index in [9.17, 15) is 4.79 Å². The first kappa shape index (κ1) is 13.8. The Morgan fingerprint density at radius 2 is 2.42 bits per heavy atom. The molecule has 1 atom stereocenters. The van der Waals surface area contributed by atoms with Gasteiger partial charge in [0.2, 0.25) is 0 Å². The van der Waals surface area contributed by atoms with E-state index in [0.29, 0.717) is 12.5 Å². The molecule has 0 spiro atoms. The summed E-state index contributed by atoms with van der Waals surface area (Å²) in [5.41, 5.74) is 1.03. The molecule has 2 rings (SSSR count). The van der Waals surface area contributed by atoms with Crippen LogP contribution in [0.5, 0.6) is 0 Å². The molecule has 1 aromatic rings. The summed E-state index contributed by atoms with van der Waals surface area (Å²) in [4.78, 5) is 20.2. The number of amides is 2. The Hall–Kier alpha value is -1.62. The largest absolute Gasteiger partial charge is 0.334 e. The van der Waals surface area contributed by atoms with Crippen molar-refractivity contribution < 1.29 is 4.79 Å². The number of rotatable bonds is 4. The zero-order valence-corrected chi connectivity index (χ0v) is 11.7. The molecule has 0 saturated carbocycles. The van der Waals surface area contributed by atoms with Gasteiger partial charge in [-0.15, -0.1) is 0 Å². The van der Waals surface area contributed by atoms with Crippen molar-refractivity contribution in [1.29, 1.82) is 0 Å². The fourth-order valence-corrected chi connectivity index (χ4v) is 2.47. The van der Waals surface area contributed by atoms with Crippen molar-refractivity contribution in [2.45, 2.75) is 13.0 Å². The van der Waals surface area contributed by atoms with E-state index >= 15 is 0 Å². The molecule has 1 N–H and O–H groups in total. The molecule has 2 heterocycles. The zero-order chi connectivity index (χ0) is 13.7. The number of urea groups is 1.